The minimum absolute atomic E-state index is 0.256. The van der Waals surface area contributed by atoms with Crippen molar-refractivity contribution in [2.45, 2.75) is 10.2 Å². The van der Waals surface area contributed by atoms with Gasteiger partial charge in [0.15, 0.2) is 0 Å². The van der Waals surface area contributed by atoms with E-state index in [-0.39, 0.29) is 6.54 Å². The lowest BCUT2D eigenvalue weighted by Gasteiger charge is -2.19. The number of halogens is 3. The highest BCUT2D eigenvalue weighted by Crippen LogP contribution is 2.36. The second kappa shape index (κ2) is 5.27. The van der Waals surface area contributed by atoms with Crippen molar-refractivity contribution in [3.8, 4) is 0 Å². The number of hydrogen-bond donors (Lipinski definition) is 0. The van der Waals surface area contributed by atoms with Crippen LogP contribution in [0.1, 0.15) is 0 Å². The van der Waals surface area contributed by atoms with E-state index in [2.05, 4.69) is 15.9 Å². The largest absolute Gasteiger partial charge is 0.310 e. The van der Waals surface area contributed by atoms with E-state index in [1.807, 2.05) is 0 Å². The SMILES string of the molecule is CN(C)CC(F)(F)Sc1ccc(Br)cc1. The fourth-order valence-corrected chi connectivity index (χ4v) is 2.28. The molecule has 1 aromatic carbocycles. The van der Waals surface area contributed by atoms with Crippen LogP contribution in [0.2, 0.25) is 0 Å². The molecule has 0 spiro atoms. The van der Waals surface area contributed by atoms with Gasteiger partial charge in [0.25, 0.3) is 0 Å². The highest BCUT2D eigenvalue weighted by Gasteiger charge is 2.30. The van der Waals surface area contributed by atoms with Crippen LogP contribution in [-0.4, -0.2) is 30.8 Å². The van der Waals surface area contributed by atoms with Gasteiger partial charge in [0.05, 0.1) is 6.54 Å². The third kappa shape index (κ3) is 4.95. The third-order valence-corrected chi connectivity index (χ3v) is 3.05. The summed E-state index contributed by atoms with van der Waals surface area (Å²) in [6.45, 7) is -0.256. The minimum Gasteiger partial charge on any atom is -0.303 e. The Morgan fingerprint density at radius 3 is 2.27 bits per heavy atom. The first-order chi connectivity index (χ1) is 6.89. The van der Waals surface area contributed by atoms with Gasteiger partial charge in [-0.15, -0.1) is 0 Å². The maximum atomic E-state index is 13.4. The minimum atomic E-state index is -2.75. The summed E-state index contributed by atoms with van der Waals surface area (Å²) < 4.78 is 27.6. The van der Waals surface area contributed by atoms with Gasteiger partial charge in [-0.25, -0.2) is 0 Å². The summed E-state index contributed by atoms with van der Waals surface area (Å²) in [5.74, 6) is 0. The summed E-state index contributed by atoms with van der Waals surface area (Å²) in [5, 5.41) is -2.75. The fourth-order valence-electron chi connectivity index (χ4n) is 1.08. The van der Waals surface area contributed by atoms with E-state index >= 15 is 0 Å². The van der Waals surface area contributed by atoms with Crippen molar-refractivity contribution in [1.82, 2.24) is 4.90 Å². The molecule has 0 aliphatic carbocycles. The average molecular weight is 296 g/mol. The van der Waals surface area contributed by atoms with E-state index in [9.17, 15) is 8.78 Å². The Morgan fingerprint density at radius 2 is 1.80 bits per heavy atom. The lowest BCUT2D eigenvalue weighted by molar-refractivity contribution is 0.0731. The summed E-state index contributed by atoms with van der Waals surface area (Å²) in [6, 6.07) is 6.87. The topological polar surface area (TPSA) is 3.24 Å². The second-order valence-corrected chi connectivity index (χ2v) is 5.62. The molecule has 84 valence electrons. The maximum Gasteiger partial charge on any atom is 0.310 e. The van der Waals surface area contributed by atoms with E-state index in [4.69, 9.17) is 0 Å². The van der Waals surface area contributed by atoms with Crippen molar-refractivity contribution < 1.29 is 8.78 Å². The molecule has 0 unspecified atom stereocenters. The molecule has 0 N–H and O–H groups in total. The van der Waals surface area contributed by atoms with Gasteiger partial charge in [0.1, 0.15) is 0 Å². The zero-order chi connectivity index (χ0) is 11.5. The van der Waals surface area contributed by atoms with E-state index in [0.717, 1.165) is 4.47 Å². The normalized spacial score (nSPS) is 12.1. The van der Waals surface area contributed by atoms with E-state index < -0.39 is 5.25 Å². The maximum absolute atomic E-state index is 13.4. The standard InChI is InChI=1S/C10H12BrF2NS/c1-14(2)7-10(12,13)15-9-5-3-8(11)4-6-9/h3-6H,7H2,1-2H3. The van der Waals surface area contributed by atoms with Gasteiger partial charge >= 0.3 is 5.25 Å². The van der Waals surface area contributed by atoms with Crippen molar-refractivity contribution >= 4 is 27.7 Å². The van der Waals surface area contributed by atoms with Crippen LogP contribution in [0.3, 0.4) is 0 Å². The van der Waals surface area contributed by atoms with E-state index in [1.165, 1.54) is 4.90 Å². The van der Waals surface area contributed by atoms with Crippen molar-refractivity contribution in [2.75, 3.05) is 20.6 Å². The average Bonchev–Trinajstić information content (AvgIpc) is 2.06. The molecule has 0 amide bonds. The number of alkyl halides is 2. The Labute approximate surface area is 101 Å². The molecule has 0 aromatic heterocycles. The van der Waals surface area contributed by atoms with Crippen LogP contribution >= 0.6 is 27.7 Å². The van der Waals surface area contributed by atoms with Crippen LogP contribution < -0.4 is 0 Å². The molecule has 1 aromatic rings. The number of hydrogen-bond acceptors (Lipinski definition) is 2. The molecule has 0 heterocycles. The van der Waals surface area contributed by atoms with Crippen LogP contribution in [0.4, 0.5) is 8.78 Å². The molecular formula is C10H12BrF2NS. The molecule has 0 saturated heterocycles. The lowest BCUT2D eigenvalue weighted by atomic mass is 10.4. The lowest BCUT2D eigenvalue weighted by Crippen LogP contribution is -2.28. The number of thioether (sulfide) groups is 1. The first-order valence-electron chi connectivity index (χ1n) is 4.36. The van der Waals surface area contributed by atoms with E-state index in [1.54, 1.807) is 38.4 Å². The number of benzene rings is 1. The number of rotatable bonds is 4. The van der Waals surface area contributed by atoms with Crippen molar-refractivity contribution in [1.29, 1.82) is 0 Å². The predicted octanol–water partition coefficient (Wildman–Crippen LogP) is 3.70. The molecule has 0 atom stereocenters. The molecule has 1 nitrogen and oxygen atoms in total. The smallest absolute Gasteiger partial charge is 0.303 e. The van der Waals surface area contributed by atoms with Crippen molar-refractivity contribution in [2.24, 2.45) is 0 Å². The van der Waals surface area contributed by atoms with Gasteiger partial charge in [-0.05, 0) is 38.4 Å². The van der Waals surface area contributed by atoms with Crippen molar-refractivity contribution in [3.05, 3.63) is 28.7 Å². The third-order valence-electron chi connectivity index (χ3n) is 1.58. The van der Waals surface area contributed by atoms with Crippen molar-refractivity contribution in [3.63, 3.8) is 0 Å². The van der Waals surface area contributed by atoms with Crippen LogP contribution in [0, 0.1) is 0 Å². The quantitative estimate of drug-likeness (QED) is 0.780. The summed E-state index contributed by atoms with van der Waals surface area (Å²) in [7, 11) is 3.27. The molecule has 0 bridgehead atoms. The van der Waals surface area contributed by atoms with Gasteiger partial charge in [0, 0.05) is 9.37 Å². The zero-order valence-corrected chi connectivity index (χ0v) is 10.9. The van der Waals surface area contributed by atoms with Crippen LogP contribution in [0.5, 0.6) is 0 Å². The molecule has 1 rings (SSSR count). The molecule has 0 fully saturated rings. The fraction of sp³-hybridized carbons (Fsp3) is 0.400. The van der Waals surface area contributed by atoms with E-state index in [0.29, 0.717) is 16.7 Å². The Kier molecular flexibility index (Phi) is 4.55. The summed E-state index contributed by atoms with van der Waals surface area (Å²) in [6.07, 6.45) is 0. The molecule has 0 aliphatic rings. The van der Waals surface area contributed by atoms with Gasteiger partial charge in [-0.3, -0.25) is 0 Å². The molecular weight excluding hydrogens is 284 g/mol. The van der Waals surface area contributed by atoms with Gasteiger partial charge in [0.2, 0.25) is 0 Å². The molecule has 0 aliphatic heterocycles. The second-order valence-electron chi connectivity index (χ2n) is 3.43. The zero-order valence-electron chi connectivity index (χ0n) is 8.51. The first-order valence-corrected chi connectivity index (χ1v) is 5.97. The van der Waals surface area contributed by atoms with Gasteiger partial charge in [-0.1, -0.05) is 27.7 Å². The molecule has 0 radical (unpaired) electrons. The summed E-state index contributed by atoms with van der Waals surface area (Å²) in [4.78, 5) is 2.05. The monoisotopic (exact) mass is 295 g/mol. The Bertz CT molecular complexity index is 314. The van der Waals surface area contributed by atoms with Crippen LogP contribution in [0.25, 0.3) is 0 Å². The Morgan fingerprint density at radius 1 is 1.27 bits per heavy atom. The molecule has 5 heteroatoms. The van der Waals surface area contributed by atoms with Gasteiger partial charge < -0.3 is 4.90 Å². The predicted molar refractivity (Wildman–Crippen MR) is 63.5 cm³/mol. The Hall–Kier alpha value is -0.130. The molecule has 15 heavy (non-hydrogen) atoms. The number of nitrogens with zero attached hydrogens (tertiary/aromatic N) is 1. The highest BCUT2D eigenvalue weighted by molar-refractivity contribution is 9.10. The summed E-state index contributed by atoms with van der Waals surface area (Å²) in [5.41, 5.74) is 0. The van der Waals surface area contributed by atoms with Crippen LogP contribution in [-0.2, 0) is 0 Å². The Balaban J connectivity index is 2.64. The first kappa shape index (κ1) is 12.9. The summed E-state index contributed by atoms with van der Waals surface area (Å²) >= 11 is 3.85. The molecule has 0 saturated carbocycles. The van der Waals surface area contributed by atoms with Gasteiger partial charge in [-0.2, -0.15) is 8.78 Å². The van der Waals surface area contributed by atoms with Crippen LogP contribution in [0.15, 0.2) is 33.6 Å². The highest BCUT2D eigenvalue weighted by atomic mass is 79.9.